The number of nitrogens with one attached hydrogen (secondary N) is 1. The molecule has 8 nitrogen and oxygen atoms in total. The van der Waals surface area contributed by atoms with Gasteiger partial charge in [0.2, 0.25) is 10.7 Å². The predicted octanol–water partition coefficient (Wildman–Crippen LogP) is 3.77. The van der Waals surface area contributed by atoms with E-state index in [2.05, 4.69) is 10.4 Å². The molecule has 32 heavy (non-hydrogen) atoms. The summed E-state index contributed by atoms with van der Waals surface area (Å²) in [5.41, 5.74) is 1.72. The highest BCUT2D eigenvalue weighted by molar-refractivity contribution is 7.71. The summed E-state index contributed by atoms with van der Waals surface area (Å²) in [6.45, 7) is -0.00521. The fourth-order valence-electron chi connectivity index (χ4n) is 3.29. The second-order valence-electron chi connectivity index (χ2n) is 7.03. The van der Waals surface area contributed by atoms with Crippen LogP contribution in [0.25, 0.3) is 0 Å². The lowest BCUT2D eigenvalue weighted by atomic mass is 10.1. The van der Waals surface area contributed by atoms with Gasteiger partial charge in [0.1, 0.15) is 18.0 Å². The molecule has 0 fully saturated rings. The highest BCUT2D eigenvalue weighted by Gasteiger charge is 2.15. The van der Waals surface area contributed by atoms with Crippen molar-refractivity contribution in [1.82, 2.24) is 19.1 Å². The third-order valence-corrected chi connectivity index (χ3v) is 5.27. The van der Waals surface area contributed by atoms with Crippen molar-refractivity contribution >= 4 is 23.8 Å². The number of anilines is 1. The number of amides is 1. The quantitative estimate of drug-likeness (QED) is 0.415. The zero-order valence-corrected chi connectivity index (χ0v) is 18.6. The van der Waals surface area contributed by atoms with Crippen molar-refractivity contribution in [2.45, 2.75) is 13.0 Å². The number of methoxy groups -OCH3 is 2. The summed E-state index contributed by atoms with van der Waals surface area (Å²) in [5, 5.41) is 7.52. The van der Waals surface area contributed by atoms with Crippen molar-refractivity contribution in [2.24, 2.45) is 0 Å². The summed E-state index contributed by atoms with van der Waals surface area (Å²) >= 11 is 5.66. The van der Waals surface area contributed by atoms with Crippen LogP contribution in [0.15, 0.2) is 73.1 Å². The average Bonchev–Trinajstić information content (AvgIpc) is 3.43. The van der Waals surface area contributed by atoms with Crippen LogP contribution in [0.3, 0.4) is 0 Å². The van der Waals surface area contributed by atoms with Gasteiger partial charge in [-0.1, -0.05) is 12.1 Å². The lowest BCUT2D eigenvalue weighted by Gasteiger charge is -2.08. The summed E-state index contributed by atoms with van der Waals surface area (Å²) in [4.78, 5) is 12.6. The summed E-state index contributed by atoms with van der Waals surface area (Å²) in [7, 11) is 3.23. The van der Waals surface area contributed by atoms with E-state index >= 15 is 0 Å². The van der Waals surface area contributed by atoms with Crippen LogP contribution >= 0.6 is 12.2 Å². The molecule has 0 aliphatic heterocycles. The van der Waals surface area contributed by atoms with Crippen LogP contribution < -0.4 is 14.8 Å². The first-order valence-electron chi connectivity index (χ1n) is 9.96. The van der Waals surface area contributed by atoms with E-state index in [1.165, 1.54) is 4.68 Å². The largest absolute Gasteiger partial charge is 0.497 e. The van der Waals surface area contributed by atoms with E-state index in [1.807, 2.05) is 58.1 Å². The summed E-state index contributed by atoms with van der Waals surface area (Å²) < 4.78 is 16.0. The number of aromatic nitrogens is 4. The molecule has 4 rings (SSSR count). The van der Waals surface area contributed by atoms with E-state index in [9.17, 15) is 4.79 Å². The Hall–Kier alpha value is -3.85. The Balaban J connectivity index is 1.58. The lowest BCUT2D eigenvalue weighted by Crippen LogP contribution is -2.20. The third-order valence-electron chi connectivity index (χ3n) is 4.89. The molecule has 9 heteroatoms. The Kier molecular flexibility index (Phi) is 6.37. The van der Waals surface area contributed by atoms with Crippen LogP contribution in [0.2, 0.25) is 0 Å². The minimum Gasteiger partial charge on any atom is -0.497 e. The third kappa shape index (κ3) is 4.73. The van der Waals surface area contributed by atoms with Gasteiger partial charge in [0.05, 0.1) is 14.2 Å². The molecular weight excluding hydrogens is 426 g/mol. The maximum Gasteiger partial charge on any atom is 0.246 e. The highest BCUT2D eigenvalue weighted by Crippen LogP contribution is 2.17. The topological polar surface area (TPSA) is 75.2 Å². The first kappa shape index (κ1) is 21.4. The number of benzene rings is 2. The molecule has 2 aromatic carbocycles. The monoisotopic (exact) mass is 449 g/mol. The van der Waals surface area contributed by atoms with Gasteiger partial charge in [0.15, 0.2) is 5.82 Å². The van der Waals surface area contributed by atoms with Crippen LogP contribution in [-0.2, 0) is 17.8 Å². The van der Waals surface area contributed by atoms with Crippen molar-refractivity contribution in [2.75, 3.05) is 19.5 Å². The molecule has 0 atom stereocenters. The van der Waals surface area contributed by atoms with Crippen LogP contribution in [0.5, 0.6) is 11.5 Å². The Labute approximate surface area is 190 Å². The Bertz CT molecular complexity index is 1240. The standard InChI is InChI=1S/C23H23N5O3S/c1-30-19-9-5-17(6-10-19)15-21-25-27(23(32)28(21)26-13-3-4-14-26)16-22(29)24-18-7-11-20(31-2)12-8-18/h3-14H,15-16H2,1-2H3,(H,24,29). The van der Waals surface area contributed by atoms with Gasteiger partial charge in [0, 0.05) is 24.5 Å². The summed E-state index contributed by atoms with van der Waals surface area (Å²) in [6, 6.07) is 18.7. The minimum atomic E-state index is -0.223. The minimum absolute atomic E-state index is 0.00521. The molecule has 164 valence electrons. The average molecular weight is 450 g/mol. The maximum atomic E-state index is 12.6. The molecule has 2 heterocycles. The van der Waals surface area contributed by atoms with Gasteiger partial charge in [-0.3, -0.25) is 9.47 Å². The molecule has 1 amide bonds. The molecular formula is C23H23N5O3S. The number of rotatable bonds is 8. The van der Waals surface area contributed by atoms with Gasteiger partial charge in [-0.25, -0.2) is 9.36 Å². The Morgan fingerprint density at radius 1 is 0.969 bits per heavy atom. The molecule has 0 spiro atoms. The van der Waals surface area contributed by atoms with Crippen molar-refractivity contribution in [3.8, 4) is 11.5 Å². The van der Waals surface area contributed by atoms with E-state index in [0.29, 0.717) is 22.7 Å². The molecule has 0 radical (unpaired) electrons. The molecule has 0 aliphatic rings. The van der Waals surface area contributed by atoms with E-state index in [4.69, 9.17) is 21.7 Å². The summed E-state index contributed by atoms with van der Waals surface area (Å²) in [6.07, 6.45) is 4.31. The number of carbonyl (C=O) groups excluding carboxylic acids is 1. The van der Waals surface area contributed by atoms with E-state index in [1.54, 1.807) is 38.5 Å². The molecule has 1 N–H and O–H groups in total. The number of hydrogen-bond donors (Lipinski definition) is 1. The highest BCUT2D eigenvalue weighted by atomic mass is 32.1. The molecule has 0 aliphatic carbocycles. The van der Waals surface area contributed by atoms with E-state index in [0.717, 1.165) is 17.1 Å². The van der Waals surface area contributed by atoms with E-state index < -0.39 is 0 Å². The van der Waals surface area contributed by atoms with Gasteiger partial charge >= 0.3 is 0 Å². The van der Waals surface area contributed by atoms with Crippen LogP contribution in [0.4, 0.5) is 5.69 Å². The van der Waals surface area contributed by atoms with Crippen LogP contribution in [-0.4, -0.2) is 39.3 Å². The van der Waals surface area contributed by atoms with E-state index in [-0.39, 0.29) is 12.5 Å². The van der Waals surface area contributed by atoms with Crippen molar-refractivity contribution in [1.29, 1.82) is 0 Å². The lowest BCUT2D eigenvalue weighted by molar-refractivity contribution is -0.116. The smallest absolute Gasteiger partial charge is 0.246 e. The first-order valence-corrected chi connectivity index (χ1v) is 10.4. The van der Waals surface area contributed by atoms with Gasteiger partial charge in [0.25, 0.3) is 0 Å². The number of nitrogens with zero attached hydrogens (tertiary/aromatic N) is 4. The Morgan fingerprint density at radius 3 is 2.16 bits per heavy atom. The molecule has 0 bridgehead atoms. The number of ether oxygens (including phenoxy) is 2. The SMILES string of the molecule is COc1ccc(Cc2nn(CC(=O)Nc3ccc(OC)cc3)c(=S)n2-n2cccc2)cc1. The summed E-state index contributed by atoms with van der Waals surface area (Å²) in [5.74, 6) is 2.00. The van der Waals surface area contributed by atoms with Gasteiger partial charge in [-0.05, 0) is 66.3 Å². The second-order valence-corrected chi connectivity index (χ2v) is 7.40. The molecule has 0 unspecified atom stereocenters. The Morgan fingerprint density at radius 2 is 1.56 bits per heavy atom. The number of carbonyl (C=O) groups is 1. The molecule has 4 aromatic rings. The second kappa shape index (κ2) is 9.52. The maximum absolute atomic E-state index is 12.6. The molecule has 2 aromatic heterocycles. The zero-order chi connectivity index (χ0) is 22.5. The van der Waals surface area contributed by atoms with Crippen molar-refractivity contribution < 1.29 is 14.3 Å². The number of hydrogen-bond acceptors (Lipinski definition) is 5. The fourth-order valence-corrected chi connectivity index (χ4v) is 3.59. The van der Waals surface area contributed by atoms with Crippen LogP contribution in [0.1, 0.15) is 11.4 Å². The van der Waals surface area contributed by atoms with Crippen molar-refractivity contribution in [3.63, 3.8) is 0 Å². The molecule has 0 saturated carbocycles. The fraction of sp³-hybridized carbons (Fsp3) is 0.174. The van der Waals surface area contributed by atoms with Gasteiger partial charge in [-0.2, -0.15) is 5.10 Å². The van der Waals surface area contributed by atoms with Gasteiger partial charge < -0.3 is 14.8 Å². The van der Waals surface area contributed by atoms with Gasteiger partial charge in [-0.15, -0.1) is 0 Å². The predicted molar refractivity (Wildman–Crippen MR) is 124 cm³/mol. The zero-order valence-electron chi connectivity index (χ0n) is 17.8. The first-order chi connectivity index (χ1) is 15.6. The van der Waals surface area contributed by atoms with Crippen molar-refractivity contribution in [3.05, 3.63) is 89.2 Å². The molecule has 0 saturated heterocycles. The van der Waals surface area contributed by atoms with Crippen LogP contribution in [0, 0.1) is 4.77 Å². The normalized spacial score (nSPS) is 10.7.